The lowest BCUT2D eigenvalue weighted by Crippen LogP contribution is -2.54. The van der Waals surface area contributed by atoms with Crippen molar-refractivity contribution < 1.29 is 29.0 Å². The second-order valence-electron chi connectivity index (χ2n) is 10.1. The SMILES string of the molecule is CC(C)C[C@H](NC(=O)[C@H](Cc1ccccc1)NC(=O)CNC(=O)CNc1c(O)c(=O)c1=O)C(=O)OCc1ccccc1. The zero-order valence-corrected chi connectivity index (χ0v) is 23.3. The van der Waals surface area contributed by atoms with Gasteiger partial charge in [0.25, 0.3) is 10.9 Å². The van der Waals surface area contributed by atoms with Gasteiger partial charge in [0.2, 0.25) is 17.7 Å². The first kappa shape index (κ1) is 31.5. The average molecular weight is 579 g/mol. The van der Waals surface area contributed by atoms with Crippen molar-refractivity contribution >= 4 is 29.4 Å². The molecule has 0 saturated carbocycles. The quantitative estimate of drug-likeness (QED) is 0.127. The number of rotatable bonds is 15. The maximum absolute atomic E-state index is 13.4. The lowest BCUT2D eigenvalue weighted by atomic mass is 10.0. The molecule has 12 heteroatoms. The molecule has 12 nitrogen and oxygen atoms in total. The average Bonchev–Trinajstić information content (AvgIpc) is 2.98. The molecule has 0 bridgehead atoms. The maximum Gasteiger partial charge on any atom is 0.328 e. The zero-order chi connectivity index (χ0) is 30.6. The highest BCUT2D eigenvalue weighted by Gasteiger charge is 2.29. The topological polar surface area (TPSA) is 180 Å². The summed E-state index contributed by atoms with van der Waals surface area (Å²) in [6.07, 6.45) is 0.430. The smallest absolute Gasteiger partial charge is 0.328 e. The van der Waals surface area contributed by atoms with Crippen LogP contribution in [0.1, 0.15) is 31.4 Å². The Hall–Kier alpha value is -5.00. The first-order chi connectivity index (χ1) is 20.0. The van der Waals surface area contributed by atoms with Crippen molar-refractivity contribution in [2.24, 2.45) is 5.92 Å². The minimum Gasteiger partial charge on any atom is -0.502 e. The minimum absolute atomic E-state index is 0.0459. The summed E-state index contributed by atoms with van der Waals surface area (Å²) < 4.78 is 5.45. The van der Waals surface area contributed by atoms with Gasteiger partial charge in [-0.05, 0) is 23.5 Å². The van der Waals surface area contributed by atoms with Crippen molar-refractivity contribution in [3.8, 4) is 5.75 Å². The van der Waals surface area contributed by atoms with Gasteiger partial charge < -0.3 is 31.1 Å². The highest BCUT2D eigenvalue weighted by molar-refractivity contribution is 5.92. The first-order valence-electron chi connectivity index (χ1n) is 13.4. The fraction of sp³-hybridized carbons (Fsp3) is 0.333. The second-order valence-corrected chi connectivity index (χ2v) is 10.1. The van der Waals surface area contributed by atoms with Crippen LogP contribution in [0.5, 0.6) is 5.75 Å². The van der Waals surface area contributed by atoms with Crippen molar-refractivity contribution in [2.45, 2.75) is 45.4 Å². The van der Waals surface area contributed by atoms with E-state index in [0.29, 0.717) is 6.42 Å². The minimum atomic E-state index is -1.08. The summed E-state index contributed by atoms with van der Waals surface area (Å²) in [6, 6.07) is 16.1. The monoisotopic (exact) mass is 578 g/mol. The number of hydrogen-bond donors (Lipinski definition) is 5. The third-order valence-corrected chi connectivity index (χ3v) is 6.22. The van der Waals surface area contributed by atoms with Crippen LogP contribution in [0.3, 0.4) is 0 Å². The standard InChI is InChI=1S/C30H34N4O8/c1-18(2)13-22(30(41)42-17-20-11-7-4-8-12-20)34-29(40)21(14-19-9-5-3-6-10-19)33-24(36)16-31-23(35)15-32-25-26(37)28(39)27(25)38/h3-12,18,21-22,32,37H,13-17H2,1-2H3,(H,31,35)(H,33,36)(H,34,40)/t21-,22-/m0/s1. The van der Waals surface area contributed by atoms with Gasteiger partial charge in [-0.2, -0.15) is 0 Å². The molecule has 42 heavy (non-hydrogen) atoms. The number of esters is 1. The highest BCUT2D eigenvalue weighted by atomic mass is 16.5. The van der Waals surface area contributed by atoms with E-state index in [2.05, 4.69) is 21.3 Å². The van der Waals surface area contributed by atoms with E-state index in [0.717, 1.165) is 11.1 Å². The molecular formula is C30H34N4O8. The molecule has 0 spiro atoms. The van der Waals surface area contributed by atoms with E-state index in [1.807, 2.05) is 50.2 Å². The summed E-state index contributed by atoms with van der Waals surface area (Å²) in [6.45, 7) is 2.89. The Kier molecular flexibility index (Phi) is 11.4. The van der Waals surface area contributed by atoms with Gasteiger partial charge in [0, 0.05) is 6.42 Å². The van der Waals surface area contributed by atoms with Crippen molar-refractivity contribution in [1.29, 1.82) is 0 Å². The van der Waals surface area contributed by atoms with Crippen LogP contribution in [-0.2, 0) is 36.9 Å². The summed E-state index contributed by atoms with van der Waals surface area (Å²) in [4.78, 5) is 73.5. The molecule has 222 valence electrons. The third kappa shape index (κ3) is 9.29. The van der Waals surface area contributed by atoms with E-state index < -0.39 is 65.5 Å². The van der Waals surface area contributed by atoms with Gasteiger partial charge in [-0.15, -0.1) is 0 Å². The molecule has 0 saturated heterocycles. The Labute approximate surface area is 242 Å². The normalized spacial score (nSPS) is 12.3. The molecule has 0 unspecified atom stereocenters. The molecule has 0 heterocycles. The van der Waals surface area contributed by atoms with Gasteiger partial charge in [0.05, 0.1) is 13.1 Å². The Balaban J connectivity index is 1.61. The molecule has 0 fully saturated rings. The van der Waals surface area contributed by atoms with E-state index >= 15 is 0 Å². The van der Waals surface area contributed by atoms with Crippen molar-refractivity contribution in [2.75, 3.05) is 18.4 Å². The lowest BCUT2D eigenvalue weighted by molar-refractivity contribution is -0.149. The van der Waals surface area contributed by atoms with Gasteiger partial charge in [-0.25, -0.2) is 4.79 Å². The number of benzene rings is 2. The number of aromatic hydroxyl groups is 1. The molecule has 0 aliphatic heterocycles. The predicted molar refractivity (Wildman–Crippen MR) is 154 cm³/mol. The Morgan fingerprint density at radius 2 is 1.40 bits per heavy atom. The molecule has 0 aromatic heterocycles. The first-order valence-corrected chi connectivity index (χ1v) is 13.4. The van der Waals surface area contributed by atoms with Crippen molar-refractivity contribution in [3.05, 3.63) is 92.2 Å². The van der Waals surface area contributed by atoms with Gasteiger partial charge in [-0.1, -0.05) is 74.5 Å². The van der Waals surface area contributed by atoms with E-state index in [4.69, 9.17) is 4.74 Å². The zero-order valence-electron chi connectivity index (χ0n) is 23.3. The summed E-state index contributed by atoms with van der Waals surface area (Å²) in [5, 5.41) is 19.3. The largest absolute Gasteiger partial charge is 0.502 e. The predicted octanol–water partition coefficient (Wildman–Crippen LogP) is 0.518. The number of amides is 3. The summed E-state index contributed by atoms with van der Waals surface area (Å²) in [5.41, 5.74) is -0.788. The van der Waals surface area contributed by atoms with Crippen LogP contribution < -0.4 is 32.1 Å². The van der Waals surface area contributed by atoms with Crippen LogP contribution in [0.4, 0.5) is 5.69 Å². The van der Waals surface area contributed by atoms with Crippen LogP contribution >= 0.6 is 0 Å². The summed E-state index contributed by atoms with van der Waals surface area (Å²) in [7, 11) is 0. The fourth-order valence-electron chi connectivity index (χ4n) is 4.05. The molecule has 0 radical (unpaired) electrons. The summed E-state index contributed by atoms with van der Waals surface area (Å²) in [5.74, 6) is -3.27. The highest BCUT2D eigenvalue weighted by Crippen LogP contribution is 2.14. The number of carbonyl (C=O) groups is 4. The van der Waals surface area contributed by atoms with Crippen LogP contribution in [0.15, 0.2) is 70.3 Å². The molecular weight excluding hydrogens is 544 g/mol. The van der Waals surface area contributed by atoms with Crippen LogP contribution in [-0.4, -0.2) is 54.0 Å². The van der Waals surface area contributed by atoms with Crippen molar-refractivity contribution in [1.82, 2.24) is 16.0 Å². The molecule has 3 aromatic rings. The number of carbonyl (C=O) groups excluding carboxylic acids is 4. The fourth-order valence-corrected chi connectivity index (χ4v) is 4.05. The van der Waals surface area contributed by atoms with E-state index in [9.17, 15) is 33.9 Å². The number of ether oxygens (including phenoxy) is 1. The molecule has 3 amide bonds. The van der Waals surface area contributed by atoms with Crippen LogP contribution in [0.2, 0.25) is 0 Å². The molecule has 3 aromatic carbocycles. The molecule has 3 rings (SSSR count). The number of anilines is 1. The Morgan fingerprint density at radius 3 is 2.00 bits per heavy atom. The number of hydrogen-bond acceptors (Lipinski definition) is 9. The van der Waals surface area contributed by atoms with E-state index in [1.54, 1.807) is 24.3 Å². The molecule has 0 aliphatic carbocycles. The van der Waals surface area contributed by atoms with Gasteiger partial charge in [0.1, 0.15) is 24.4 Å². The molecule has 2 atom stereocenters. The van der Waals surface area contributed by atoms with Gasteiger partial charge in [-0.3, -0.25) is 24.0 Å². The van der Waals surface area contributed by atoms with Crippen LogP contribution in [0.25, 0.3) is 0 Å². The Bertz CT molecular complexity index is 1450. The van der Waals surface area contributed by atoms with Crippen molar-refractivity contribution in [3.63, 3.8) is 0 Å². The van der Waals surface area contributed by atoms with Gasteiger partial charge in [0.15, 0.2) is 5.75 Å². The Morgan fingerprint density at radius 1 is 0.786 bits per heavy atom. The summed E-state index contributed by atoms with van der Waals surface area (Å²) >= 11 is 0. The molecule has 0 aliphatic rings. The number of nitrogens with one attached hydrogen (secondary N) is 4. The second kappa shape index (κ2) is 15.1. The molecule has 5 N–H and O–H groups in total. The lowest BCUT2D eigenvalue weighted by Gasteiger charge is -2.24. The third-order valence-electron chi connectivity index (χ3n) is 6.22. The van der Waals surface area contributed by atoms with E-state index in [-0.39, 0.29) is 24.6 Å². The van der Waals surface area contributed by atoms with Crippen LogP contribution in [0, 0.1) is 5.92 Å². The maximum atomic E-state index is 13.4. The van der Waals surface area contributed by atoms with E-state index in [1.165, 1.54) is 0 Å². The van der Waals surface area contributed by atoms with Gasteiger partial charge >= 0.3 is 5.97 Å².